The van der Waals surface area contributed by atoms with E-state index in [1.807, 2.05) is 6.07 Å². The third-order valence-corrected chi connectivity index (χ3v) is 5.41. The minimum absolute atomic E-state index is 0.0832. The standard InChI is InChI=1S/C18H14N4O4S/c19-9-13-1-5-16(6-2-13)27(24,25)17-7-3-14(4-8-17)22-18(23)21-11-15-10-20-12-26-15/h1-8,10,12H,11H2,(H2,21,22,23). The van der Waals surface area contributed by atoms with E-state index in [1.54, 1.807) is 0 Å². The van der Waals surface area contributed by atoms with E-state index in [-0.39, 0.29) is 16.3 Å². The minimum atomic E-state index is -3.71. The van der Waals surface area contributed by atoms with E-state index in [1.165, 1.54) is 61.1 Å². The molecule has 0 aliphatic heterocycles. The molecule has 0 radical (unpaired) electrons. The number of rotatable bonds is 5. The molecule has 0 unspecified atom stereocenters. The van der Waals surface area contributed by atoms with E-state index >= 15 is 0 Å². The average molecular weight is 382 g/mol. The number of nitrogens with one attached hydrogen (secondary N) is 2. The van der Waals surface area contributed by atoms with Crippen LogP contribution >= 0.6 is 0 Å². The summed E-state index contributed by atoms with van der Waals surface area (Å²) in [5.74, 6) is 0.508. The number of nitrogens with zero attached hydrogens (tertiary/aromatic N) is 2. The maximum absolute atomic E-state index is 12.6. The van der Waals surface area contributed by atoms with E-state index in [0.29, 0.717) is 17.0 Å². The van der Waals surface area contributed by atoms with Crippen LogP contribution in [0.4, 0.5) is 10.5 Å². The third-order valence-electron chi connectivity index (χ3n) is 3.62. The number of urea groups is 1. The molecule has 0 spiro atoms. The lowest BCUT2D eigenvalue weighted by atomic mass is 10.2. The van der Waals surface area contributed by atoms with Crippen LogP contribution in [0.15, 0.2) is 75.3 Å². The third kappa shape index (κ3) is 4.31. The van der Waals surface area contributed by atoms with E-state index in [4.69, 9.17) is 9.68 Å². The Labute approximate surface area is 155 Å². The molecule has 8 nitrogen and oxygen atoms in total. The topological polar surface area (TPSA) is 125 Å². The fourth-order valence-electron chi connectivity index (χ4n) is 2.23. The average Bonchev–Trinajstić information content (AvgIpc) is 3.20. The molecule has 9 heteroatoms. The van der Waals surface area contributed by atoms with Crippen molar-refractivity contribution >= 4 is 21.6 Å². The van der Waals surface area contributed by atoms with E-state index < -0.39 is 15.9 Å². The molecule has 2 aromatic carbocycles. The van der Waals surface area contributed by atoms with Gasteiger partial charge in [0.05, 0.1) is 34.2 Å². The van der Waals surface area contributed by atoms with Crippen molar-refractivity contribution in [3.05, 3.63) is 72.4 Å². The first-order valence-corrected chi connectivity index (χ1v) is 9.25. The molecule has 1 heterocycles. The first kappa shape index (κ1) is 18.2. The largest absolute Gasteiger partial charge is 0.447 e. The van der Waals surface area contributed by atoms with Gasteiger partial charge in [-0.05, 0) is 48.5 Å². The monoisotopic (exact) mass is 382 g/mol. The lowest BCUT2D eigenvalue weighted by Gasteiger charge is -2.08. The van der Waals surface area contributed by atoms with Gasteiger partial charge in [0.1, 0.15) is 5.76 Å². The van der Waals surface area contributed by atoms with Crippen LogP contribution in [0.5, 0.6) is 0 Å². The van der Waals surface area contributed by atoms with Crippen molar-refractivity contribution in [3.63, 3.8) is 0 Å². The smallest absolute Gasteiger partial charge is 0.319 e. The van der Waals surface area contributed by atoms with Gasteiger partial charge in [-0.2, -0.15) is 5.26 Å². The maximum Gasteiger partial charge on any atom is 0.319 e. The Hall–Kier alpha value is -3.64. The predicted octanol–water partition coefficient (Wildman–Crippen LogP) is 2.70. The quantitative estimate of drug-likeness (QED) is 0.699. The second-order valence-corrected chi connectivity index (χ2v) is 7.39. The fraction of sp³-hybridized carbons (Fsp3) is 0.0556. The Kier molecular flexibility index (Phi) is 5.19. The molecule has 0 aliphatic rings. The SMILES string of the molecule is N#Cc1ccc(S(=O)(=O)c2ccc(NC(=O)NCc3cnco3)cc2)cc1. The van der Waals surface area contributed by atoms with Crippen LogP contribution in [0, 0.1) is 11.3 Å². The van der Waals surface area contributed by atoms with Crippen LogP contribution in [-0.2, 0) is 16.4 Å². The Morgan fingerprint density at radius 3 is 2.26 bits per heavy atom. The Balaban J connectivity index is 1.67. The number of benzene rings is 2. The first-order valence-electron chi connectivity index (χ1n) is 7.76. The highest BCUT2D eigenvalue weighted by Crippen LogP contribution is 2.22. The summed E-state index contributed by atoms with van der Waals surface area (Å²) in [5, 5.41) is 14.0. The van der Waals surface area contributed by atoms with Crippen molar-refractivity contribution in [2.75, 3.05) is 5.32 Å². The van der Waals surface area contributed by atoms with Crippen LogP contribution in [0.2, 0.25) is 0 Å². The van der Waals surface area contributed by atoms with Gasteiger partial charge in [0.15, 0.2) is 6.39 Å². The first-order chi connectivity index (χ1) is 13.0. The van der Waals surface area contributed by atoms with Crippen LogP contribution in [0.1, 0.15) is 11.3 Å². The van der Waals surface area contributed by atoms with Gasteiger partial charge < -0.3 is 15.1 Å². The summed E-state index contributed by atoms with van der Waals surface area (Å²) in [6, 6.07) is 12.9. The zero-order chi connectivity index (χ0) is 19.3. The van der Waals surface area contributed by atoms with Crippen molar-refractivity contribution < 1.29 is 17.6 Å². The molecule has 27 heavy (non-hydrogen) atoms. The zero-order valence-electron chi connectivity index (χ0n) is 13.9. The maximum atomic E-state index is 12.6. The number of aromatic nitrogens is 1. The summed E-state index contributed by atoms with van der Waals surface area (Å²) in [7, 11) is -3.71. The second-order valence-electron chi connectivity index (χ2n) is 5.44. The normalized spacial score (nSPS) is 10.8. The van der Waals surface area contributed by atoms with Gasteiger partial charge in [0, 0.05) is 5.69 Å². The van der Waals surface area contributed by atoms with Gasteiger partial charge in [0.25, 0.3) is 0 Å². The van der Waals surface area contributed by atoms with Gasteiger partial charge in [0.2, 0.25) is 9.84 Å². The predicted molar refractivity (Wildman–Crippen MR) is 95.4 cm³/mol. The Bertz CT molecular complexity index is 1070. The number of oxazole rings is 1. The molecule has 136 valence electrons. The number of hydrogen-bond donors (Lipinski definition) is 2. The van der Waals surface area contributed by atoms with Crippen LogP contribution in [0.3, 0.4) is 0 Å². The molecule has 0 atom stereocenters. The summed E-state index contributed by atoms with van der Waals surface area (Å²) in [5.41, 5.74) is 0.814. The highest BCUT2D eigenvalue weighted by atomic mass is 32.2. The fourth-order valence-corrected chi connectivity index (χ4v) is 3.50. The number of carbonyl (C=O) groups is 1. The number of carbonyl (C=O) groups excluding carboxylic acids is 1. The van der Waals surface area contributed by atoms with Crippen molar-refractivity contribution in [3.8, 4) is 6.07 Å². The van der Waals surface area contributed by atoms with Gasteiger partial charge in [-0.3, -0.25) is 0 Å². The molecule has 0 saturated carbocycles. The van der Waals surface area contributed by atoms with E-state index in [2.05, 4.69) is 15.6 Å². The molecule has 3 aromatic rings. The lowest BCUT2D eigenvalue weighted by molar-refractivity contribution is 0.251. The van der Waals surface area contributed by atoms with Crippen molar-refractivity contribution in [1.82, 2.24) is 10.3 Å². The number of nitriles is 1. The molecule has 2 amide bonds. The van der Waals surface area contributed by atoms with Crippen LogP contribution < -0.4 is 10.6 Å². The van der Waals surface area contributed by atoms with Crippen molar-refractivity contribution in [2.24, 2.45) is 0 Å². The molecule has 0 fully saturated rings. The molecule has 1 aromatic heterocycles. The number of hydrogen-bond acceptors (Lipinski definition) is 6. The molecule has 2 N–H and O–H groups in total. The summed E-state index contributed by atoms with van der Waals surface area (Å²) in [6.07, 6.45) is 2.75. The highest BCUT2D eigenvalue weighted by Gasteiger charge is 2.17. The highest BCUT2D eigenvalue weighted by molar-refractivity contribution is 7.91. The van der Waals surface area contributed by atoms with Gasteiger partial charge in [-0.1, -0.05) is 0 Å². The number of amides is 2. The molecule has 0 bridgehead atoms. The van der Waals surface area contributed by atoms with Crippen LogP contribution in [0.25, 0.3) is 0 Å². The van der Waals surface area contributed by atoms with Gasteiger partial charge >= 0.3 is 6.03 Å². The van der Waals surface area contributed by atoms with Crippen molar-refractivity contribution in [2.45, 2.75) is 16.3 Å². The number of anilines is 1. The van der Waals surface area contributed by atoms with E-state index in [0.717, 1.165) is 0 Å². The molecular formula is C18H14N4O4S. The van der Waals surface area contributed by atoms with Gasteiger partial charge in [-0.25, -0.2) is 18.2 Å². The minimum Gasteiger partial charge on any atom is -0.447 e. The zero-order valence-corrected chi connectivity index (χ0v) is 14.7. The molecule has 3 rings (SSSR count). The Morgan fingerprint density at radius 1 is 1.07 bits per heavy atom. The molecule has 0 saturated heterocycles. The number of sulfone groups is 1. The van der Waals surface area contributed by atoms with Crippen LogP contribution in [-0.4, -0.2) is 19.4 Å². The van der Waals surface area contributed by atoms with E-state index in [9.17, 15) is 13.2 Å². The summed E-state index contributed by atoms with van der Waals surface area (Å²) in [4.78, 5) is 15.8. The van der Waals surface area contributed by atoms with Crippen molar-refractivity contribution in [1.29, 1.82) is 5.26 Å². The molecule has 0 aliphatic carbocycles. The lowest BCUT2D eigenvalue weighted by Crippen LogP contribution is -2.27. The molecular weight excluding hydrogens is 368 g/mol. The summed E-state index contributed by atoms with van der Waals surface area (Å²) < 4.78 is 30.2. The Morgan fingerprint density at radius 2 is 1.70 bits per heavy atom. The summed E-state index contributed by atoms with van der Waals surface area (Å²) >= 11 is 0. The summed E-state index contributed by atoms with van der Waals surface area (Å²) in [6.45, 7) is 0.178. The van der Waals surface area contributed by atoms with Gasteiger partial charge in [-0.15, -0.1) is 0 Å². The second kappa shape index (κ2) is 7.72.